The molecule has 0 aliphatic heterocycles. The minimum absolute atomic E-state index is 0.194. The Bertz CT molecular complexity index is 1020. The van der Waals surface area contributed by atoms with Crippen LogP contribution in [0.1, 0.15) is 33.0 Å². The Hall–Kier alpha value is -3.49. The molecule has 9 heteroatoms. The highest BCUT2D eigenvalue weighted by atomic mass is 16.6. The number of aromatic nitrogens is 4. The molecular weight excluding hydrogens is 360 g/mol. The maximum absolute atomic E-state index is 12.4. The van der Waals surface area contributed by atoms with Crippen molar-refractivity contribution in [1.82, 2.24) is 24.9 Å². The first kappa shape index (κ1) is 19.3. The highest BCUT2D eigenvalue weighted by Gasteiger charge is 2.15. The molecule has 3 aromatic rings. The van der Waals surface area contributed by atoms with Crippen molar-refractivity contribution in [2.45, 2.75) is 33.9 Å². The summed E-state index contributed by atoms with van der Waals surface area (Å²) in [6.45, 7) is 6.96. The second kappa shape index (κ2) is 8.03. The second-order valence-electron chi connectivity index (χ2n) is 6.67. The van der Waals surface area contributed by atoms with E-state index in [4.69, 9.17) is 0 Å². The van der Waals surface area contributed by atoms with Crippen molar-refractivity contribution in [2.75, 3.05) is 6.54 Å². The van der Waals surface area contributed by atoms with Gasteiger partial charge in [0.05, 0.1) is 35.6 Å². The zero-order chi connectivity index (χ0) is 20.3. The Labute approximate surface area is 162 Å². The molecule has 9 nitrogen and oxygen atoms in total. The predicted octanol–water partition coefficient (Wildman–Crippen LogP) is 2.39. The van der Waals surface area contributed by atoms with Gasteiger partial charge in [-0.3, -0.25) is 9.48 Å². The molecule has 3 rings (SSSR count). The quantitative estimate of drug-likeness (QED) is 0.499. The van der Waals surface area contributed by atoms with Crippen molar-refractivity contribution >= 4 is 11.7 Å². The summed E-state index contributed by atoms with van der Waals surface area (Å²) in [5.74, 6) is -0.393. The number of carbonyl (C=O) groups is 1. The Morgan fingerprint density at radius 3 is 2.50 bits per heavy atom. The van der Waals surface area contributed by atoms with Gasteiger partial charge in [0.2, 0.25) is 0 Å². The van der Waals surface area contributed by atoms with Gasteiger partial charge in [-0.1, -0.05) is 12.1 Å². The SMILES string of the molecule is Cc1cc(C)n(Cc2cccc(C(=O)NCCn3nc([N+](=O)[O-])cc3C)c2)n1. The minimum Gasteiger partial charge on any atom is -0.358 e. The van der Waals surface area contributed by atoms with Gasteiger partial charge in [0.1, 0.15) is 0 Å². The van der Waals surface area contributed by atoms with E-state index in [2.05, 4.69) is 15.5 Å². The molecule has 0 atom stereocenters. The maximum atomic E-state index is 12.4. The average Bonchev–Trinajstić information content (AvgIpc) is 3.17. The van der Waals surface area contributed by atoms with Crippen LogP contribution in [-0.2, 0) is 13.1 Å². The summed E-state index contributed by atoms with van der Waals surface area (Å²) in [6, 6.07) is 10.8. The molecule has 0 bridgehead atoms. The van der Waals surface area contributed by atoms with Crippen LogP contribution in [0.25, 0.3) is 0 Å². The Kier molecular flexibility index (Phi) is 5.53. The largest absolute Gasteiger partial charge is 0.390 e. The van der Waals surface area contributed by atoms with Gasteiger partial charge in [-0.15, -0.1) is 0 Å². The number of rotatable bonds is 7. The summed E-state index contributed by atoms with van der Waals surface area (Å²) in [6.07, 6.45) is 0. The molecule has 2 aromatic heterocycles. The molecule has 0 radical (unpaired) electrons. The van der Waals surface area contributed by atoms with Crippen molar-refractivity contribution < 1.29 is 9.72 Å². The number of amides is 1. The molecule has 146 valence electrons. The third-order valence-electron chi connectivity index (χ3n) is 4.39. The van der Waals surface area contributed by atoms with Crippen LogP contribution in [-0.4, -0.2) is 36.9 Å². The number of benzene rings is 1. The van der Waals surface area contributed by atoms with Crippen LogP contribution in [0.15, 0.2) is 36.4 Å². The molecular formula is C19H22N6O3. The lowest BCUT2D eigenvalue weighted by atomic mass is 10.1. The first-order valence-electron chi connectivity index (χ1n) is 8.90. The van der Waals surface area contributed by atoms with Crippen molar-refractivity contribution in [3.05, 3.63) is 74.7 Å². The van der Waals surface area contributed by atoms with Crippen LogP contribution < -0.4 is 5.32 Å². The number of nitro groups is 1. The summed E-state index contributed by atoms with van der Waals surface area (Å²) >= 11 is 0. The number of nitrogens with one attached hydrogen (secondary N) is 1. The van der Waals surface area contributed by atoms with Gasteiger partial charge in [-0.2, -0.15) is 9.78 Å². The summed E-state index contributed by atoms with van der Waals surface area (Å²) in [5, 5.41) is 22.0. The van der Waals surface area contributed by atoms with E-state index in [1.807, 2.05) is 42.8 Å². The predicted molar refractivity (Wildman–Crippen MR) is 103 cm³/mol. The number of carbonyl (C=O) groups excluding carboxylic acids is 1. The first-order valence-corrected chi connectivity index (χ1v) is 8.90. The molecule has 0 saturated heterocycles. The Morgan fingerprint density at radius 1 is 1.11 bits per heavy atom. The number of hydrogen-bond donors (Lipinski definition) is 1. The van der Waals surface area contributed by atoms with Crippen molar-refractivity contribution in [2.24, 2.45) is 0 Å². The van der Waals surface area contributed by atoms with E-state index < -0.39 is 4.92 Å². The van der Waals surface area contributed by atoms with Gasteiger partial charge in [0.25, 0.3) is 5.91 Å². The lowest BCUT2D eigenvalue weighted by Crippen LogP contribution is -2.27. The summed E-state index contributed by atoms with van der Waals surface area (Å²) < 4.78 is 3.41. The lowest BCUT2D eigenvalue weighted by molar-refractivity contribution is -0.389. The third kappa shape index (κ3) is 4.43. The fraction of sp³-hybridized carbons (Fsp3) is 0.316. The van der Waals surface area contributed by atoms with Gasteiger partial charge in [0, 0.05) is 17.8 Å². The Balaban J connectivity index is 1.60. The molecule has 1 N–H and O–H groups in total. The van der Waals surface area contributed by atoms with E-state index >= 15 is 0 Å². The number of aryl methyl sites for hydroxylation is 3. The molecule has 0 fully saturated rings. The molecule has 0 unspecified atom stereocenters. The first-order chi connectivity index (χ1) is 13.3. The molecule has 0 saturated carbocycles. The summed E-state index contributed by atoms with van der Waals surface area (Å²) in [7, 11) is 0. The second-order valence-corrected chi connectivity index (χ2v) is 6.67. The van der Waals surface area contributed by atoms with Crippen LogP contribution in [0.4, 0.5) is 5.82 Å². The molecule has 2 heterocycles. The van der Waals surface area contributed by atoms with E-state index in [-0.39, 0.29) is 11.7 Å². The molecule has 1 amide bonds. The van der Waals surface area contributed by atoms with E-state index in [0.29, 0.717) is 30.9 Å². The van der Waals surface area contributed by atoms with Crippen LogP contribution in [0, 0.1) is 30.9 Å². The zero-order valence-corrected chi connectivity index (χ0v) is 16.0. The number of hydrogen-bond acceptors (Lipinski definition) is 5. The minimum atomic E-state index is -0.531. The van der Waals surface area contributed by atoms with Gasteiger partial charge in [-0.25, -0.2) is 0 Å². The monoisotopic (exact) mass is 382 g/mol. The van der Waals surface area contributed by atoms with Crippen molar-refractivity contribution in [3.8, 4) is 0 Å². The molecule has 28 heavy (non-hydrogen) atoms. The summed E-state index contributed by atoms with van der Waals surface area (Å²) in [5.41, 5.74) is 4.24. The molecule has 1 aromatic carbocycles. The topological polar surface area (TPSA) is 108 Å². The van der Waals surface area contributed by atoms with E-state index in [1.165, 1.54) is 10.7 Å². The Morgan fingerprint density at radius 2 is 1.86 bits per heavy atom. The molecule has 0 aliphatic carbocycles. The highest BCUT2D eigenvalue weighted by molar-refractivity contribution is 5.94. The fourth-order valence-corrected chi connectivity index (χ4v) is 3.00. The lowest BCUT2D eigenvalue weighted by Gasteiger charge is -2.08. The van der Waals surface area contributed by atoms with Crippen LogP contribution in [0.3, 0.4) is 0 Å². The standard InChI is InChI=1S/C19H22N6O3/c1-13-9-14(2)24(21-13)12-16-5-4-6-17(11-16)19(26)20-7-8-23-15(3)10-18(22-23)25(27)28/h4-6,9-11H,7-8,12H2,1-3H3,(H,20,26). The maximum Gasteiger partial charge on any atom is 0.390 e. The van der Waals surface area contributed by atoms with E-state index in [1.54, 1.807) is 13.0 Å². The van der Waals surface area contributed by atoms with Crippen LogP contribution in [0.2, 0.25) is 0 Å². The molecule has 0 spiro atoms. The summed E-state index contributed by atoms with van der Waals surface area (Å²) in [4.78, 5) is 22.7. The normalized spacial score (nSPS) is 10.8. The fourth-order valence-electron chi connectivity index (χ4n) is 3.00. The van der Waals surface area contributed by atoms with Gasteiger partial charge in [-0.05, 0) is 49.5 Å². The zero-order valence-electron chi connectivity index (χ0n) is 16.0. The average molecular weight is 382 g/mol. The third-order valence-corrected chi connectivity index (χ3v) is 4.39. The van der Waals surface area contributed by atoms with E-state index in [9.17, 15) is 14.9 Å². The van der Waals surface area contributed by atoms with Crippen LogP contribution >= 0.6 is 0 Å². The van der Waals surface area contributed by atoms with Crippen LogP contribution in [0.5, 0.6) is 0 Å². The molecule has 0 aliphatic rings. The van der Waals surface area contributed by atoms with Gasteiger partial charge >= 0.3 is 5.82 Å². The smallest absolute Gasteiger partial charge is 0.358 e. The van der Waals surface area contributed by atoms with Gasteiger partial charge in [0.15, 0.2) is 0 Å². The highest BCUT2D eigenvalue weighted by Crippen LogP contribution is 2.11. The van der Waals surface area contributed by atoms with Crippen molar-refractivity contribution in [3.63, 3.8) is 0 Å². The van der Waals surface area contributed by atoms with E-state index in [0.717, 1.165) is 17.0 Å². The number of nitrogens with zero attached hydrogens (tertiary/aromatic N) is 5. The van der Waals surface area contributed by atoms with Gasteiger partial charge < -0.3 is 15.4 Å². The van der Waals surface area contributed by atoms with Crippen molar-refractivity contribution in [1.29, 1.82) is 0 Å².